The summed E-state index contributed by atoms with van der Waals surface area (Å²) >= 11 is 0. The van der Waals surface area contributed by atoms with Crippen molar-refractivity contribution in [2.45, 2.75) is 69.5 Å². The molecule has 3 heterocycles. The molecule has 7 rings (SSSR count). The van der Waals surface area contributed by atoms with Gasteiger partial charge in [0.2, 0.25) is 0 Å². The van der Waals surface area contributed by atoms with E-state index in [1.54, 1.807) is 0 Å². The fourth-order valence-electron chi connectivity index (χ4n) is 7.48. The number of likely N-dealkylation sites (tertiary alicyclic amines) is 1. The second-order valence-corrected chi connectivity index (χ2v) is 12.9. The maximum atomic E-state index is 12.9. The summed E-state index contributed by atoms with van der Waals surface area (Å²) in [5.74, 6) is -0.679. The van der Waals surface area contributed by atoms with E-state index in [9.17, 15) is 20.0 Å². The average Bonchev–Trinajstić information content (AvgIpc) is 3.65. The third-order valence-corrected chi connectivity index (χ3v) is 10.1. The van der Waals surface area contributed by atoms with E-state index in [4.69, 9.17) is 4.74 Å². The number of nitrogens with one attached hydrogen (secondary N) is 2. The fraction of sp³-hybridized carbons (Fsp3) is 0.485. The second-order valence-electron chi connectivity index (χ2n) is 12.9. The minimum atomic E-state index is -1.35. The highest BCUT2D eigenvalue weighted by atomic mass is 16.5. The molecule has 1 amide bonds. The van der Waals surface area contributed by atoms with E-state index in [0.717, 1.165) is 44.3 Å². The van der Waals surface area contributed by atoms with E-state index in [-0.39, 0.29) is 30.6 Å². The summed E-state index contributed by atoms with van der Waals surface area (Å²) in [6.07, 6.45) is 8.58. The third kappa shape index (κ3) is 4.52. The maximum Gasteiger partial charge on any atom is 0.334 e. The Labute approximate surface area is 239 Å². The Balaban J connectivity index is 1.18. The highest BCUT2D eigenvalue weighted by molar-refractivity contribution is 5.98. The number of carbonyl (C=O) groups is 2. The van der Waals surface area contributed by atoms with E-state index in [0.29, 0.717) is 11.5 Å². The number of benzene rings is 2. The molecule has 8 nitrogen and oxygen atoms in total. The van der Waals surface area contributed by atoms with Crippen molar-refractivity contribution in [1.82, 2.24) is 15.2 Å². The van der Waals surface area contributed by atoms with Crippen LogP contribution in [0, 0.1) is 29.6 Å². The van der Waals surface area contributed by atoms with E-state index >= 15 is 0 Å². The predicted molar refractivity (Wildman–Crippen MR) is 153 cm³/mol. The van der Waals surface area contributed by atoms with Crippen molar-refractivity contribution in [3.8, 4) is 6.07 Å². The van der Waals surface area contributed by atoms with Gasteiger partial charge in [0.15, 0.2) is 5.54 Å². The van der Waals surface area contributed by atoms with Gasteiger partial charge in [-0.2, -0.15) is 5.26 Å². The molecule has 2 aromatic carbocycles. The zero-order chi connectivity index (χ0) is 28.4. The van der Waals surface area contributed by atoms with Gasteiger partial charge in [0.25, 0.3) is 5.91 Å². The van der Waals surface area contributed by atoms with E-state index < -0.39 is 17.4 Å². The van der Waals surface area contributed by atoms with E-state index in [1.165, 1.54) is 40.4 Å². The highest BCUT2D eigenvalue weighted by Gasteiger charge is 2.50. The molecule has 1 spiro atoms. The summed E-state index contributed by atoms with van der Waals surface area (Å²) in [7, 11) is 0. The van der Waals surface area contributed by atoms with Gasteiger partial charge in [-0.3, -0.25) is 9.69 Å². The highest BCUT2D eigenvalue weighted by Crippen LogP contribution is 2.57. The number of hydrogen-bond acceptors (Lipinski definition) is 5. The van der Waals surface area contributed by atoms with Crippen molar-refractivity contribution in [1.29, 1.82) is 5.26 Å². The first kappa shape index (κ1) is 26.2. The van der Waals surface area contributed by atoms with Gasteiger partial charge in [-0.1, -0.05) is 18.2 Å². The van der Waals surface area contributed by atoms with Crippen LogP contribution in [-0.2, 0) is 16.1 Å². The van der Waals surface area contributed by atoms with Crippen LogP contribution < -0.4 is 5.32 Å². The first-order chi connectivity index (χ1) is 19.8. The minimum Gasteiger partial charge on any atom is -0.479 e. The van der Waals surface area contributed by atoms with Crippen molar-refractivity contribution >= 4 is 22.8 Å². The zero-order valence-corrected chi connectivity index (χ0v) is 23.4. The van der Waals surface area contributed by atoms with Crippen LogP contribution in [0.1, 0.15) is 83.1 Å². The number of fused-ring (bicyclic) bond motifs is 1. The molecule has 41 heavy (non-hydrogen) atoms. The van der Waals surface area contributed by atoms with Crippen LogP contribution in [0.15, 0.2) is 42.6 Å². The molecule has 2 aliphatic heterocycles. The van der Waals surface area contributed by atoms with Crippen LogP contribution in [0.4, 0.5) is 0 Å². The number of ether oxygens (including phenoxy) is 1. The maximum absolute atomic E-state index is 12.9. The van der Waals surface area contributed by atoms with Crippen molar-refractivity contribution < 1.29 is 19.4 Å². The summed E-state index contributed by atoms with van der Waals surface area (Å²) in [5.41, 5.74) is 5.89. The molecule has 0 unspecified atom stereocenters. The smallest absolute Gasteiger partial charge is 0.334 e. The monoisotopic (exact) mass is 552 g/mol. The number of amides is 1. The molecule has 8 heteroatoms. The van der Waals surface area contributed by atoms with Crippen LogP contribution in [0.2, 0.25) is 0 Å². The van der Waals surface area contributed by atoms with Gasteiger partial charge in [-0.25, -0.2) is 4.79 Å². The molecule has 2 saturated heterocycles. The number of nitriles is 1. The van der Waals surface area contributed by atoms with E-state index in [2.05, 4.69) is 40.3 Å². The number of carboxylic acid groups (broad SMARTS) is 1. The van der Waals surface area contributed by atoms with Crippen molar-refractivity contribution in [3.63, 3.8) is 0 Å². The number of piperidine rings is 1. The number of aliphatic carboxylic acids is 1. The van der Waals surface area contributed by atoms with Gasteiger partial charge in [-0.15, -0.1) is 0 Å². The molecule has 2 saturated carbocycles. The second kappa shape index (κ2) is 9.71. The molecule has 212 valence electrons. The van der Waals surface area contributed by atoms with Crippen LogP contribution in [0.5, 0.6) is 0 Å². The van der Waals surface area contributed by atoms with Crippen LogP contribution in [0.3, 0.4) is 0 Å². The topological polar surface area (TPSA) is 118 Å². The van der Waals surface area contributed by atoms with Gasteiger partial charge < -0.3 is 20.1 Å². The number of carbonyl (C=O) groups excluding carboxylic acids is 1. The Morgan fingerprint density at radius 2 is 1.93 bits per heavy atom. The molecule has 0 radical (unpaired) electrons. The summed E-state index contributed by atoms with van der Waals surface area (Å²) in [4.78, 5) is 30.7. The molecule has 3 aromatic rings. The fourth-order valence-corrected chi connectivity index (χ4v) is 7.48. The predicted octanol–water partition coefficient (Wildman–Crippen LogP) is 5.19. The molecular formula is C33H36N4O4. The summed E-state index contributed by atoms with van der Waals surface area (Å²) < 4.78 is 5.08. The number of aryl methyl sites for hydroxylation is 1. The lowest BCUT2D eigenvalue weighted by atomic mass is 9.56. The molecule has 0 bridgehead atoms. The van der Waals surface area contributed by atoms with Crippen LogP contribution in [-0.4, -0.2) is 52.2 Å². The first-order valence-electron chi connectivity index (χ1n) is 14.8. The third-order valence-electron chi connectivity index (χ3n) is 10.1. The number of aromatic amines is 1. The quantitative estimate of drug-likeness (QED) is 0.371. The number of aromatic nitrogens is 1. The van der Waals surface area contributed by atoms with Gasteiger partial charge in [0, 0.05) is 41.2 Å². The van der Waals surface area contributed by atoms with E-state index in [1.807, 2.05) is 30.5 Å². The normalized spacial score (nSPS) is 27.1. The Kier molecular flexibility index (Phi) is 6.22. The average molecular weight is 553 g/mol. The largest absolute Gasteiger partial charge is 0.479 e. The minimum absolute atomic E-state index is 0.0226. The van der Waals surface area contributed by atoms with Gasteiger partial charge in [-0.05, 0) is 104 Å². The molecule has 1 atom stereocenters. The molecule has 4 fully saturated rings. The molecular weight excluding hydrogens is 516 g/mol. The number of nitrogens with zero attached hydrogens (tertiary/aromatic N) is 2. The Morgan fingerprint density at radius 3 is 2.56 bits per heavy atom. The standard InChI is InChI=1S/C33H36N4O4/c1-20-12-26(22-2-3-22)27(25-8-10-35-29(20)25)17-37-11-9-32(13-21(14-32)16-34)15-28(37)23-4-6-24(7-5-23)30(38)36-33(31(39)40)18-41-19-33/h4-8,10,12,21-22,28,35H,2-3,9,11,13-15,17-19H2,1H3,(H,36,38)(H,39,40)/t21?,28-,32?/m0/s1. The number of rotatable bonds is 7. The molecule has 3 N–H and O–H groups in total. The summed E-state index contributed by atoms with van der Waals surface area (Å²) in [6.45, 7) is 3.98. The summed E-state index contributed by atoms with van der Waals surface area (Å²) in [6, 6.07) is 14.9. The SMILES string of the molecule is Cc1cc(C2CC2)c(CN2CCC3(CC(C#N)C3)C[C@H]2c2ccc(C(=O)NC3(C(=O)O)COC3)cc2)c2cc[nH]c12. The van der Waals surface area contributed by atoms with Crippen LogP contribution in [0.25, 0.3) is 10.9 Å². The van der Waals surface area contributed by atoms with Crippen molar-refractivity contribution in [2.75, 3.05) is 19.8 Å². The van der Waals surface area contributed by atoms with Gasteiger partial charge >= 0.3 is 5.97 Å². The number of hydrogen-bond donors (Lipinski definition) is 3. The lowest BCUT2D eigenvalue weighted by Crippen LogP contribution is -2.67. The lowest BCUT2D eigenvalue weighted by Gasteiger charge is -2.53. The molecule has 2 aliphatic carbocycles. The number of H-pyrrole nitrogens is 1. The number of carboxylic acids is 1. The molecule has 4 aliphatic rings. The van der Waals surface area contributed by atoms with Crippen LogP contribution >= 0.6 is 0 Å². The molecule has 1 aromatic heterocycles. The summed E-state index contributed by atoms with van der Waals surface area (Å²) in [5, 5.41) is 23.0. The Bertz CT molecular complexity index is 1550. The zero-order valence-electron chi connectivity index (χ0n) is 23.4. The lowest BCUT2D eigenvalue weighted by molar-refractivity contribution is -0.164. The van der Waals surface area contributed by atoms with Gasteiger partial charge in [0.05, 0.1) is 19.3 Å². The first-order valence-corrected chi connectivity index (χ1v) is 14.8. The van der Waals surface area contributed by atoms with Crippen molar-refractivity contribution in [2.24, 2.45) is 11.3 Å². The van der Waals surface area contributed by atoms with Crippen molar-refractivity contribution in [3.05, 3.63) is 70.4 Å². The van der Waals surface area contributed by atoms with Gasteiger partial charge in [0.1, 0.15) is 0 Å². The Hall–Kier alpha value is -3.67. The Morgan fingerprint density at radius 1 is 1.17 bits per heavy atom.